The number of hydrogen-bond donors (Lipinski definition) is 0. The molecule has 0 unspecified atom stereocenters. The van der Waals surface area contributed by atoms with Crippen LogP contribution in [0, 0.1) is 14.9 Å². The Morgan fingerprint density at radius 1 is 1.55 bits per heavy atom. The minimum absolute atomic E-state index is 0.799. The summed E-state index contributed by atoms with van der Waals surface area (Å²) in [7, 11) is 0. The molecular weight excluding hydrogens is 249 g/mol. The first-order valence-electron chi connectivity index (χ1n) is 3.46. The molecule has 2 heteroatoms. The average molecular weight is 257 g/mol. The van der Waals surface area contributed by atoms with Gasteiger partial charge < -0.3 is 0 Å². The van der Waals surface area contributed by atoms with Crippen molar-refractivity contribution < 1.29 is 0 Å². The lowest BCUT2D eigenvalue weighted by Gasteiger charge is -1.99. The summed E-state index contributed by atoms with van der Waals surface area (Å²) in [6.45, 7) is 2.06. The molecule has 0 saturated heterocycles. The predicted molar refractivity (Wildman–Crippen MR) is 53.3 cm³/mol. The first kappa shape index (κ1) is 8.54. The summed E-state index contributed by atoms with van der Waals surface area (Å²) in [6.07, 6.45) is 0.930. The van der Waals surface area contributed by atoms with Gasteiger partial charge in [-0.05, 0) is 52.8 Å². The monoisotopic (exact) mass is 257 g/mol. The number of halogens is 1. The Morgan fingerprint density at radius 3 is 2.82 bits per heavy atom. The highest BCUT2D eigenvalue weighted by Crippen LogP contribution is 2.13. The molecule has 0 aliphatic heterocycles. The standard InChI is InChI=1S/C9H8IN/c1-2-7-5-9(10)4-3-8(7)6-11/h3-5H,2H2,1H3. The van der Waals surface area contributed by atoms with E-state index in [2.05, 4.69) is 41.7 Å². The van der Waals surface area contributed by atoms with Crippen molar-refractivity contribution in [3.8, 4) is 6.07 Å². The van der Waals surface area contributed by atoms with Crippen molar-refractivity contribution >= 4 is 22.6 Å². The van der Waals surface area contributed by atoms with Crippen LogP contribution in [0.15, 0.2) is 18.2 Å². The van der Waals surface area contributed by atoms with Gasteiger partial charge >= 0.3 is 0 Å². The van der Waals surface area contributed by atoms with E-state index in [0.29, 0.717) is 0 Å². The maximum absolute atomic E-state index is 8.69. The Hall–Kier alpha value is -0.560. The molecule has 0 aliphatic carbocycles. The zero-order valence-electron chi connectivity index (χ0n) is 6.26. The van der Waals surface area contributed by atoms with Crippen LogP contribution in [0.25, 0.3) is 0 Å². The number of rotatable bonds is 1. The number of nitriles is 1. The summed E-state index contributed by atoms with van der Waals surface area (Å²) in [5, 5.41) is 8.69. The zero-order valence-corrected chi connectivity index (χ0v) is 8.42. The third-order valence-corrected chi connectivity index (χ3v) is 2.24. The molecule has 0 spiro atoms. The average Bonchev–Trinajstić information content (AvgIpc) is 2.04. The molecule has 1 nitrogen and oxygen atoms in total. The third-order valence-electron chi connectivity index (χ3n) is 1.57. The highest BCUT2D eigenvalue weighted by molar-refractivity contribution is 14.1. The lowest BCUT2D eigenvalue weighted by molar-refractivity contribution is 1.12. The second-order valence-electron chi connectivity index (χ2n) is 2.27. The molecule has 0 radical (unpaired) electrons. The molecule has 0 saturated carbocycles. The van der Waals surface area contributed by atoms with Crippen molar-refractivity contribution in [2.24, 2.45) is 0 Å². The van der Waals surface area contributed by atoms with Crippen molar-refractivity contribution in [2.75, 3.05) is 0 Å². The quantitative estimate of drug-likeness (QED) is 0.709. The van der Waals surface area contributed by atoms with Gasteiger partial charge in [-0.2, -0.15) is 5.26 Å². The lowest BCUT2D eigenvalue weighted by Crippen LogP contribution is -1.87. The van der Waals surface area contributed by atoms with Crippen LogP contribution in [0.2, 0.25) is 0 Å². The molecule has 56 valence electrons. The first-order chi connectivity index (χ1) is 5.27. The number of hydrogen-bond acceptors (Lipinski definition) is 1. The fourth-order valence-electron chi connectivity index (χ4n) is 0.964. The van der Waals surface area contributed by atoms with Gasteiger partial charge in [0.25, 0.3) is 0 Å². The molecule has 0 aromatic heterocycles. The van der Waals surface area contributed by atoms with E-state index >= 15 is 0 Å². The predicted octanol–water partition coefficient (Wildman–Crippen LogP) is 2.73. The molecule has 1 aromatic carbocycles. The van der Waals surface area contributed by atoms with E-state index in [9.17, 15) is 0 Å². The van der Waals surface area contributed by atoms with E-state index in [1.807, 2.05) is 12.1 Å². The summed E-state index contributed by atoms with van der Waals surface area (Å²) in [6, 6.07) is 8.06. The van der Waals surface area contributed by atoms with Gasteiger partial charge in [0.15, 0.2) is 0 Å². The maximum Gasteiger partial charge on any atom is 0.0994 e. The number of nitrogens with zero attached hydrogens (tertiary/aromatic N) is 1. The highest BCUT2D eigenvalue weighted by atomic mass is 127. The van der Waals surface area contributed by atoms with Crippen molar-refractivity contribution in [1.82, 2.24) is 0 Å². The van der Waals surface area contributed by atoms with Crippen LogP contribution < -0.4 is 0 Å². The van der Waals surface area contributed by atoms with Crippen LogP contribution in [0.3, 0.4) is 0 Å². The molecule has 0 bridgehead atoms. The van der Waals surface area contributed by atoms with E-state index in [4.69, 9.17) is 5.26 Å². The van der Waals surface area contributed by atoms with E-state index in [1.54, 1.807) is 0 Å². The third kappa shape index (κ3) is 1.93. The summed E-state index contributed by atoms with van der Waals surface area (Å²) < 4.78 is 1.19. The van der Waals surface area contributed by atoms with E-state index in [1.165, 1.54) is 3.57 Å². The van der Waals surface area contributed by atoms with Gasteiger partial charge in [-0.25, -0.2) is 0 Å². The van der Waals surface area contributed by atoms with Gasteiger partial charge in [-0.3, -0.25) is 0 Å². The Bertz CT molecular complexity index is 299. The second kappa shape index (κ2) is 3.72. The van der Waals surface area contributed by atoms with E-state index in [-0.39, 0.29) is 0 Å². The Kier molecular flexibility index (Phi) is 2.89. The molecule has 0 N–H and O–H groups in total. The number of aryl methyl sites for hydroxylation is 1. The molecule has 0 amide bonds. The topological polar surface area (TPSA) is 23.8 Å². The molecular formula is C9H8IN. The first-order valence-corrected chi connectivity index (χ1v) is 4.54. The smallest absolute Gasteiger partial charge is 0.0994 e. The normalized spacial score (nSPS) is 9.18. The summed E-state index contributed by atoms with van der Waals surface area (Å²) in [5.74, 6) is 0. The molecule has 1 aromatic rings. The molecule has 0 fully saturated rings. The fourth-order valence-corrected chi connectivity index (χ4v) is 1.52. The van der Waals surface area contributed by atoms with E-state index < -0.39 is 0 Å². The Labute approximate surface area is 80.2 Å². The van der Waals surface area contributed by atoms with Gasteiger partial charge in [0.05, 0.1) is 11.6 Å². The summed E-state index contributed by atoms with van der Waals surface area (Å²) >= 11 is 2.25. The van der Waals surface area contributed by atoms with Crippen LogP contribution in [-0.2, 0) is 6.42 Å². The molecule has 11 heavy (non-hydrogen) atoms. The molecule has 0 atom stereocenters. The molecule has 0 aliphatic rings. The fraction of sp³-hybridized carbons (Fsp3) is 0.222. The SMILES string of the molecule is CCc1cc(I)ccc1C#N. The lowest BCUT2D eigenvalue weighted by atomic mass is 10.1. The summed E-state index contributed by atoms with van der Waals surface area (Å²) in [4.78, 5) is 0. The van der Waals surface area contributed by atoms with Crippen LogP contribution >= 0.6 is 22.6 Å². The Morgan fingerprint density at radius 2 is 2.27 bits per heavy atom. The van der Waals surface area contributed by atoms with E-state index in [0.717, 1.165) is 17.5 Å². The van der Waals surface area contributed by atoms with Gasteiger partial charge in [-0.1, -0.05) is 6.92 Å². The minimum atomic E-state index is 0.799. The Balaban J connectivity index is 3.19. The van der Waals surface area contributed by atoms with Crippen LogP contribution in [0.4, 0.5) is 0 Å². The van der Waals surface area contributed by atoms with Crippen LogP contribution in [0.1, 0.15) is 18.1 Å². The van der Waals surface area contributed by atoms with Crippen molar-refractivity contribution in [2.45, 2.75) is 13.3 Å². The maximum atomic E-state index is 8.69. The highest BCUT2D eigenvalue weighted by Gasteiger charge is 1.98. The van der Waals surface area contributed by atoms with Gasteiger partial charge in [-0.15, -0.1) is 0 Å². The van der Waals surface area contributed by atoms with Crippen molar-refractivity contribution in [3.63, 3.8) is 0 Å². The van der Waals surface area contributed by atoms with Crippen molar-refractivity contribution in [3.05, 3.63) is 32.9 Å². The number of benzene rings is 1. The van der Waals surface area contributed by atoms with Crippen LogP contribution in [0.5, 0.6) is 0 Å². The summed E-state index contributed by atoms with van der Waals surface area (Å²) in [5.41, 5.74) is 1.94. The minimum Gasteiger partial charge on any atom is -0.192 e. The van der Waals surface area contributed by atoms with Crippen LogP contribution in [-0.4, -0.2) is 0 Å². The van der Waals surface area contributed by atoms with Gasteiger partial charge in [0, 0.05) is 3.57 Å². The van der Waals surface area contributed by atoms with Gasteiger partial charge in [0.1, 0.15) is 0 Å². The zero-order chi connectivity index (χ0) is 8.27. The molecule has 1 rings (SSSR count). The largest absolute Gasteiger partial charge is 0.192 e. The van der Waals surface area contributed by atoms with Gasteiger partial charge in [0.2, 0.25) is 0 Å². The second-order valence-corrected chi connectivity index (χ2v) is 3.51. The van der Waals surface area contributed by atoms with Crippen molar-refractivity contribution in [1.29, 1.82) is 5.26 Å². The molecule has 0 heterocycles.